The van der Waals surface area contributed by atoms with E-state index < -0.39 is 0 Å². The second-order valence-corrected chi connectivity index (χ2v) is 4.39. The lowest BCUT2D eigenvalue weighted by Gasteiger charge is -2.18. The maximum Gasteiger partial charge on any atom is 0.124 e. The quantitative estimate of drug-likeness (QED) is 0.785. The van der Waals surface area contributed by atoms with Gasteiger partial charge in [0.15, 0.2) is 0 Å². The van der Waals surface area contributed by atoms with Gasteiger partial charge >= 0.3 is 0 Å². The molecule has 16 heavy (non-hydrogen) atoms. The Morgan fingerprint density at radius 1 is 1.38 bits per heavy atom. The van der Waals surface area contributed by atoms with Crippen LogP contribution in [0.4, 0.5) is 0 Å². The molecular formula is C14H21NO. The number of para-hydroxylation sites is 1. The van der Waals surface area contributed by atoms with E-state index >= 15 is 0 Å². The molecule has 1 unspecified atom stereocenters. The van der Waals surface area contributed by atoms with Crippen molar-refractivity contribution in [2.75, 3.05) is 13.2 Å². The SMILES string of the molecule is CCCCNC1CCCOc2ccccc21. The third-order valence-electron chi connectivity index (χ3n) is 3.11. The molecule has 0 amide bonds. The predicted molar refractivity (Wildman–Crippen MR) is 66.8 cm³/mol. The number of unbranched alkanes of at least 4 members (excludes halogenated alkanes) is 1. The van der Waals surface area contributed by atoms with Crippen LogP contribution in [0, 0.1) is 0 Å². The lowest BCUT2D eigenvalue weighted by molar-refractivity contribution is 0.315. The average Bonchev–Trinajstić information content (AvgIpc) is 2.52. The minimum absolute atomic E-state index is 0.477. The maximum atomic E-state index is 5.74. The summed E-state index contributed by atoms with van der Waals surface area (Å²) in [5, 5.41) is 3.64. The molecule has 1 aliphatic rings. The molecule has 1 aliphatic heterocycles. The zero-order chi connectivity index (χ0) is 11.2. The third kappa shape index (κ3) is 2.76. The van der Waals surface area contributed by atoms with Crippen LogP contribution in [0.5, 0.6) is 5.75 Å². The largest absolute Gasteiger partial charge is 0.493 e. The van der Waals surface area contributed by atoms with Gasteiger partial charge in [-0.25, -0.2) is 0 Å². The van der Waals surface area contributed by atoms with Crippen LogP contribution >= 0.6 is 0 Å². The molecule has 1 heterocycles. The van der Waals surface area contributed by atoms with Crippen molar-refractivity contribution in [3.05, 3.63) is 29.8 Å². The number of fused-ring (bicyclic) bond motifs is 1. The molecule has 0 aliphatic carbocycles. The highest BCUT2D eigenvalue weighted by molar-refractivity contribution is 5.36. The van der Waals surface area contributed by atoms with Crippen molar-refractivity contribution >= 4 is 0 Å². The summed E-state index contributed by atoms with van der Waals surface area (Å²) in [5.74, 6) is 1.06. The minimum atomic E-state index is 0.477. The van der Waals surface area contributed by atoms with E-state index in [0.717, 1.165) is 25.3 Å². The van der Waals surface area contributed by atoms with Crippen LogP contribution in [0.25, 0.3) is 0 Å². The van der Waals surface area contributed by atoms with E-state index in [1.807, 2.05) is 6.07 Å². The lowest BCUT2D eigenvalue weighted by atomic mass is 10.0. The van der Waals surface area contributed by atoms with Gasteiger partial charge in [-0.3, -0.25) is 0 Å². The fraction of sp³-hybridized carbons (Fsp3) is 0.571. The molecule has 0 saturated carbocycles. The van der Waals surface area contributed by atoms with Gasteiger partial charge in [0.2, 0.25) is 0 Å². The van der Waals surface area contributed by atoms with Crippen molar-refractivity contribution < 1.29 is 4.74 Å². The number of ether oxygens (including phenoxy) is 1. The fourth-order valence-corrected chi connectivity index (χ4v) is 2.19. The first-order valence-corrected chi connectivity index (χ1v) is 6.37. The van der Waals surface area contributed by atoms with Crippen molar-refractivity contribution in [1.82, 2.24) is 5.32 Å². The Labute approximate surface area is 98.0 Å². The molecule has 1 N–H and O–H groups in total. The van der Waals surface area contributed by atoms with Gasteiger partial charge in [0, 0.05) is 11.6 Å². The van der Waals surface area contributed by atoms with Crippen molar-refractivity contribution in [3.8, 4) is 5.75 Å². The van der Waals surface area contributed by atoms with Crippen LogP contribution < -0.4 is 10.1 Å². The molecule has 88 valence electrons. The zero-order valence-electron chi connectivity index (χ0n) is 10.0. The first kappa shape index (κ1) is 11.5. The van der Waals surface area contributed by atoms with Crippen LogP contribution in [0.1, 0.15) is 44.2 Å². The molecule has 0 saturated heterocycles. The molecule has 0 fully saturated rings. The summed E-state index contributed by atoms with van der Waals surface area (Å²) in [6, 6.07) is 8.89. The molecule has 2 rings (SSSR count). The number of hydrogen-bond donors (Lipinski definition) is 1. The Hall–Kier alpha value is -1.02. The molecule has 2 heteroatoms. The van der Waals surface area contributed by atoms with E-state index in [0.29, 0.717) is 6.04 Å². The van der Waals surface area contributed by atoms with E-state index in [1.165, 1.54) is 24.8 Å². The van der Waals surface area contributed by atoms with Crippen molar-refractivity contribution in [2.45, 2.75) is 38.6 Å². The third-order valence-corrected chi connectivity index (χ3v) is 3.11. The first-order chi connectivity index (χ1) is 7.92. The lowest BCUT2D eigenvalue weighted by Crippen LogP contribution is -2.22. The van der Waals surface area contributed by atoms with Gasteiger partial charge in [-0.05, 0) is 31.9 Å². The van der Waals surface area contributed by atoms with Crippen LogP contribution in [-0.4, -0.2) is 13.2 Å². The number of hydrogen-bond acceptors (Lipinski definition) is 2. The molecule has 0 bridgehead atoms. The molecule has 2 nitrogen and oxygen atoms in total. The van der Waals surface area contributed by atoms with Gasteiger partial charge in [-0.15, -0.1) is 0 Å². The normalized spacial score (nSPS) is 19.7. The standard InChI is InChI=1S/C14H21NO/c1-2-3-10-15-13-8-6-11-16-14-9-5-4-7-12(13)14/h4-5,7,9,13,15H,2-3,6,8,10-11H2,1H3. The highest BCUT2D eigenvalue weighted by Gasteiger charge is 2.18. The highest BCUT2D eigenvalue weighted by atomic mass is 16.5. The Balaban J connectivity index is 2.06. The van der Waals surface area contributed by atoms with E-state index in [-0.39, 0.29) is 0 Å². The molecule has 0 radical (unpaired) electrons. The summed E-state index contributed by atoms with van der Waals surface area (Å²) in [7, 11) is 0. The van der Waals surface area contributed by atoms with Gasteiger partial charge in [-0.1, -0.05) is 31.5 Å². The fourth-order valence-electron chi connectivity index (χ4n) is 2.19. The molecule has 0 spiro atoms. The van der Waals surface area contributed by atoms with Crippen molar-refractivity contribution in [2.24, 2.45) is 0 Å². The molecule has 1 atom stereocenters. The van der Waals surface area contributed by atoms with E-state index in [2.05, 4.69) is 30.4 Å². The van der Waals surface area contributed by atoms with Gasteiger partial charge in [0.25, 0.3) is 0 Å². The van der Waals surface area contributed by atoms with Crippen LogP contribution in [0.3, 0.4) is 0 Å². The van der Waals surface area contributed by atoms with Crippen LogP contribution in [-0.2, 0) is 0 Å². The molecule has 0 aromatic heterocycles. The van der Waals surface area contributed by atoms with Crippen molar-refractivity contribution in [1.29, 1.82) is 0 Å². The highest BCUT2D eigenvalue weighted by Crippen LogP contribution is 2.30. The second kappa shape index (κ2) is 5.90. The second-order valence-electron chi connectivity index (χ2n) is 4.39. The summed E-state index contributed by atoms with van der Waals surface area (Å²) in [5.41, 5.74) is 1.33. The van der Waals surface area contributed by atoms with E-state index in [1.54, 1.807) is 0 Å². The summed E-state index contributed by atoms with van der Waals surface area (Å²) in [6.07, 6.45) is 4.82. The number of benzene rings is 1. The Morgan fingerprint density at radius 2 is 2.25 bits per heavy atom. The van der Waals surface area contributed by atoms with E-state index in [4.69, 9.17) is 4.74 Å². The smallest absolute Gasteiger partial charge is 0.124 e. The Morgan fingerprint density at radius 3 is 3.12 bits per heavy atom. The summed E-state index contributed by atoms with van der Waals surface area (Å²) >= 11 is 0. The summed E-state index contributed by atoms with van der Waals surface area (Å²) < 4.78 is 5.74. The van der Waals surface area contributed by atoms with Crippen molar-refractivity contribution in [3.63, 3.8) is 0 Å². The van der Waals surface area contributed by atoms with E-state index in [9.17, 15) is 0 Å². The summed E-state index contributed by atoms with van der Waals surface area (Å²) in [6.45, 7) is 4.18. The van der Waals surface area contributed by atoms with Gasteiger partial charge < -0.3 is 10.1 Å². The number of nitrogens with one attached hydrogen (secondary N) is 1. The van der Waals surface area contributed by atoms with Crippen LogP contribution in [0.15, 0.2) is 24.3 Å². The molecular weight excluding hydrogens is 198 g/mol. The summed E-state index contributed by atoms with van der Waals surface area (Å²) in [4.78, 5) is 0. The number of rotatable bonds is 4. The van der Waals surface area contributed by atoms with Gasteiger partial charge in [0.1, 0.15) is 5.75 Å². The minimum Gasteiger partial charge on any atom is -0.493 e. The Bertz CT molecular complexity index is 324. The van der Waals surface area contributed by atoms with Gasteiger partial charge in [0.05, 0.1) is 6.61 Å². The van der Waals surface area contributed by atoms with Crippen LogP contribution in [0.2, 0.25) is 0 Å². The Kier molecular flexibility index (Phi) is 4.23. The predicted octanol–water partition coefficient (Wildman–Crippen LogP) is 3.29. The van der Waals surface area contributed by atoms with Gasteiger partial charge in [-0.2, -0.15) is 0 Å². The monoisotopic (exact) mass is 219 g/mol. The first-order valence-electron chi connectivity index (χ1n) is 6.37. The zero-order valence-corrected chi connectivity index (χ0v) is 10.0. The average molecular weight is 219 g/mol. The maximum absolute atomic E-state index is 5.74. The molecule has 1 aromatic carbocycles. The molecule has 1 aromatic rings. The topological polar surface area (TPSA) is 21.3 Å².